The first-order chi connectivity index (χ1) is 9.95. The second-order valence-electron chi connectivity index (χ2n) is 4.98. The molecule has 1 aromatic carbocycles. The van der Waals surface area contributed by atoms with Crippen molar-refractivity contribution < 1.29 is 14.7 Å². The summed E-state index contributed by atoms with van der Waals surface area (Å²) in [7, 11) is 0. The van der Waals surface area contributed by atoms with Crippen molar-refractivity contribution in [1.29, 1.82) is 0 Å². The van der Waals surface area contributed by atoms with Gasteiger partial charge in [-0.3, -0.25) is 9.59 Å². The van der Waals surface area contributed by atoms with Crippen LogP contribution >= 0.6 is 35.0 Å². The lowest BCUT2D eigenvalue weighted by Crippen LogP contribution is -2.34. The van der Waals surface area contributed by atoms with Crippen molar-refractivity contribution in [3.63, 3.8) is 0 Å². The van der Waals surface area contributed by atoms with E-state index in [9.17, 15) is 9.59 Å². The quantitative estimate of drug-likeness (QED) is 0.800. The fraction of sp³-hybridized carbons (Fsp3) is 0.429. The molecule has 1 aliphatic carbocycles. The van der Waals surface area contributed by atoms with E-state index in [-0.39, 0.29) is 23.6 Å². The molecular formula is C14H15Cl2NO3S. The minimum Gasteiger partial charge on any atom is -0.481 e. The van der Waals surface area contributed by atoms with Crippen LogP contribution in [0.15, 0.2) is 23.1 Å². The van der Waals surface area contributed by atoms with Crippen LogP contribution < -0.4 is 5.32 Å². The van der Waals surface area contributed by atoms with Gasteiger partial charge in [0, 0.05) is 16.0 Å². The Hall–Kier alpha value is -0.910. The van der Waals surface area contributed by atoms with E-state index in [1.165, 1.54) is 11.8 Å². The predicted octanol–water partition coefficient (Wildman–Crippen LogP) is 3.46. The van der Waals surface area contributed by atoms with Crippen LogP contribution in [0.5, 0.6) is 0 Å². The van der Waals surface area contributed by atoms with Crippen molar-refractivity contribution in [3.05, 3.63) is 28.2 Å². The first-order valence-electron chi connectivity index (χ1n) is 6.55. The Morgan fingerprint density at radius 3 is 2.76 bits per heavy atom. The normalized spacial score (nSPS) is 21.2. The average Bonchev–Trinajstić information content (AvgIpc) is 2.88. The van der Waals surface area contributed by atoms with E-state index in [0.717, 1.165) is 4.90 Å². The average molecular weight is 348 g/mol. The number of carbonyl (C=O) groups excluding carboxylic acids is 1. The first kappa shape index (κ1) is 16.5. The third kappa shape index (κ3) is 4.80. The maximum Gasteiger partial charge on any atom is 0.306 e. The predicted molar refractivity (Wildman–Crippen MR) is 84.1 cm³/mol. The first-order valence-corrected chi connectivity index (χ1v) is 8.30. The summed E-state index contributed by atoms with van der Waals surface area (Å²) in [5, 5.41) is 12.9. The van der Waals surface area contributed by atoms with E-state index in [0.29, 0.717) is 29.3 Å². The van der Waals surface area contributed by atoms with E-state index in [4.69, 9.17) is 28.3 Å². The number of hydrogen-bond donors (Lipinski definition) is 2. The Labute approximate surface area is 137 Å². The molecule has 7 heteroatoms. The van der Waals surface area contributed by atoms with Crippen LogP contribution in [0.25, 0.3) is 0 Å². The Bertz CT molecular complexity index is 553. The highest BCUT2D eigenvalue weighted by Crippen LogP contribution is 2.30. The molecule has 1 amide bonds. The molecule has 0 radical (unpaired) electrons. The van der Waals surface area contributed by atoms with Gasteiger partial charge in [-0.25, -0.2) is 0 Å². The second kappa shape index (κ2) is 7.38. The maximum atomic E-state index is 11.9. The van der Waals surface area contributed by atoms with Crippen LogP contribution in [0.1, 0.15) is 19.3 Å². The van der Waals surface area contributed by atoms with Crippen LogP contribution in [0.3, 0.4) is 0 Å². The highest BCUT2D eigenvalue weighted by Gasteiger charge is 2.30. The van der Waals surface area contributed by atoms with E-state index < -0.39 is 5.97 Å². The smallest absolute Gasteiger partial charge is 0.306 e. The molecule has 0 heterocycles. The zero-order valence-corrected chi connectivity index (χ0v) is 13.5. The molecule has 0 aromatic heterocycles. The van der Waals surface area contributed by atoms with Crippen LogP contribution in [-0.4, -0.2) is 28.8 Å². The number of benzene rings is 1. The third-order valence-electron chi connectivity index (χ3n) is 3.40. The second-order valence-corrected chi connectivity index (χ2v) is 6.84. The van der Waals surface area contributed by atoms with Crippen LogP contribution in [-0.2, 0) is 9.59 Å². The molecule has 0 bridgehead atoms. The van der Waals surface area contributed by atoms with E-state index in [1.54, 1.807) is 18.2 Å². The van der Waals surface area contributed by atoms with Gasteiger partial charge in [-0.2, -0.15) is 0 Å². The van der Waals surface area contributed by atoms with Gasteiger partial charge >= 0.3 is 5.97 Å². The largest absolute Gasteiger partial charge is 0.481 e. The molecule has 1 fully saturated rings. The number of halogens is 2. The highest BCUT2D eigenvalue weighted by atomic mass is 35.5. The minimum absolute atomic E-state index is 0.0472. The number of thioether (sulfide) groups is 1. The van der Waals surface area contributed by atoms with Gasteiger partial charge in [0.25, 0.3) is 0 Å². The van der Waals surface area contributed by atoms with Gasteiger partial charge in [-0.15, -0.1) is 11.8 Å². The minimum atomic E-state index is -0.785. The van der Waals surface area contributed by atoms with Gasteiger partial charge in [0.2, 0.25) is 5.91 Å². The monoisotopic (exact) mass is 347 g/mol. The molecule has 4 nitrogen and oxygen atoms in total. The summed E-state index contributed by atoms with van der Waals surface area (Å²) in [4.78, 5) is 23.5. The lowest BCUT2D eigenvalue weighted by atomic mass is 10.1. The van der Waals surface area contributed by atoms with Gasteiger partial charge in [0.15, 0.2) is 0 Å². The van der Waals surface area contributed by atoms with E-state index in [2.05, 4.69) is 5.32 Å². The summed E-state index contributed by atoms with van der Waals surface area (Å²) < 4.78 is 0. The Morgan fingerprint density at radius 1 is 1.33 bits per heavy atom. The Morgan fingerprint density at radius 2 is 2.10 bits per heavy atom. The van der Waals surface area contributed by atoms with Crippen molar-refractivity contribution in [2.24, 2.45) is 5.92 Å². The van der Waals surface area contributed by atoms with Crippen molar-refractivity contribution in [3.8, 4) is 0 Å². The SMILES string of the molecule is O=C(CSc1cc(Cl)ccc1Cl)N[C@H]1CC[C@@H](C(=O)O)C1. The summed E-state index contributed by atoms with van der Waals surface area (Å²) in [6.07, 6.45) is 1.84. The standard InChI is InChI=1S/C14H15Cl2NO3S/c15-9-2-4-11(16)12(6-9)21-7-13(18)17-10-3-1-8(5-10)14(19)20/h2,4,6,8,10H,1,3,5,7H2,(H,17,18)(H,19,20)/t8-,10+/m1/s1. The molecule has 0 spiro atoms. The maximum absolute atomic E-state index is 11.9. The third-order valence-corrected chi connectivity index (χ3v) is 5.13. The zero-order chi connectivity index (χ0) is 15.4. The number of carboxylic acids is 1. The van der Waals surface area contributed by atoms with Crippen molar-refractivity contribution >= 4 is 46.8 Å². The molecule has 114 valence electrons. The van der Waals surface area contributed by atoms with Gasteiger partial charge in [-0.1, -0.05) is 23.2 Å². The molecule has 2 rings (SSSR count). The number of nitrogens with one attached hydrogen (secondary N) is 1. The fourth-order valence-electron chi connectivity index (χ4n) is 2.34. The summed E-state index contributed by atoms with van der Waals surface area (Å²) in [5.41, 5.74) is 0. The molecule has 0 unspecified atom stereocenters. The number of carboxylic acid groups (broad SMARTS) is 1. The lowest BCUT2D eigenvalue weighted by molar-refractivity contribution is -0.141. The molecular weight excluding hydrogens is 333 g/mol. The summed E-state index contributed by atoms with van der Waals surface area (Å²) in [6, 6.07) is 5.06. The fourth-order valence-corrected chi connectivity index (χ4v) is 3.64. The van der Waals surface area contributed by atoms with Crippen molar-refractivity contribution in [1.82, 2.24) is 5.32 Å². The lowest BCUT2D eigenvalue weighted by Gasteiger charge is -2.12. The molecule has 0 saturated heterocycles. The van der Waals surface area contributed by atoms with Crippen LogP contribution in [0.4, 0.5) is 0 Å². The summed E-state index contributed by atoms with van der Waals surface area (Å²) >= 11 is 13.2. The number of rotatable bonds is 5. The summed E-state index contributed by atoms with van der Waals surface area (Å²) in [5.74, 6) is -1.02. The summed E-state index contributed by atoms with van der Waals surface area (Å²) in [6.45, 7) is 0. The molecule has 1 aromatic rings. The number of amides is 1. The molecule has 2 atom stereocenters. The molecule has 21 heavy (non-hydrogen) atoms. The van der Waals surface area contributed by atoms with Crippen LogP contribution in [0.2, 0.25) is 10.0 Å². The zero-order valence-electron chi connectivity index (χ0n) is 11.1. The van der Waals surface area contributed by atoms with Gasteiger partial charge in [-0.05, 0) is 37.5 Å². The molecule has 2 N–H and O–H groups in total. The van der Waals surface area contributed by atoms with Gasteiger partial charge in [0.05, 0.1) is 16.7 Å². The van der Waals surface area contributed by atoms with E-state index in [1.807, 2.05) is 0 Å². The molecule has 1 saturated carbocycles. The number of hydrogen-bond acceptors (Lipinski definition) is 3. The number of aliphatic carboxylic acids is 1. The van der Waals surface area contributed by atoms with Gasteiger partial charge < -0.3 is 10.4 Å². The molecule has 1 aliphatic rings. The topological polar surface area (TPSA) is 66.4 Å². The molecule has 0 aliphatic heterocycles. The van der Waals surface area contributed by atoms with Crippen LogP contribution in [0, 0.1) is 5.92 Å². The van der Waals surface area contributed by atoms with Crippen molar-refractivity contribution in [2.75, 3.05) is 5.75 Å². The van der Waals surface area contributed by atoms with Gasteiger partial charge in [0.1, 0.15) is 0 Å². The Kier molecular flexibility index (Phi) is 5.79. The van der Waals surface area contributed by atoms with E-state index >= 15 is 0 Å². The Balaban J connectivity index is 1.80. The highest BCUT2D eigenvalue weighted by molar-refractivity contribution is 8.00. The van der Waals surface area contributed by atoms with Crippen molar-refractivity contribution in [2.45, 2.75) is 30.2 Å². The number of carbonyl (C=O) groups is 2.